The fourth-order valence-corrected chi connectivity index (χ4v) is 2.97. The Morgan fingerprint density at radius 2 is 1.85 bits per heavy atom. The fraction of sp³-hybridized carbons (Fsp3) is 0.273. The minimum absolute atomic E-state index is 0.255. The van der Waals surface area contributed by atoms with Gasteiger partial charge in [0.15, 0.2) is 0 Å². The standard InChI is InChI=1S/C22H22O5/c1-4-16-12-18-14(2)11-22(24)27-20(18)13-19(16)26-21(23)10-7-15-5-8-17(25-3)9-6-15/h5-6,8-9,11-13H,4,7,10H2,1-3H3. The number of esters is 1. The molecule has 0 atom stereocenters. The summed E-state index contributed by atoms with van der Waals surface area (Å²) in [4.78, 5) is 23.9. The first-order valence-electron chi connectivity index (χ1n) is 8.91. The third-order valence-corrected chi connectivity index (χ3v) is 4.51. The first-order valence-corrected chi connectivity index (χ1v) is 8.91. The number of aryl methyl sites for hydroxylation is 3. The lowest BCUT2D eigenvalue weighted by molar-refractivity contribution is -0.134. The molecule has 0 saturated heterocycles. The third-order valence-electron chi connectivity index (χ3n) is 4.51. The molecule has 0 aliphatic carbocycles. The Bertz CT molecular complexity index is 1020. The minimum atomic E-state index is -0.416. The molecule has 0 amide bonds. The van der Waals surface area contributed by atoms with E-state index < -0.39 is 5.63 Å². The van der Waals surface area contributed by atoms with Gasteiger partial charge in [-0.2, -0.15) is 0 Å². The van der Waals surface area contributed by atoms with Crippen molar-refractivity contribution in [2.75, 3.05) is 7.11 Å². The van der Waals surface area contributed by atoms with Crippen molar-refractivity contribution in [3.63, 3.8) is 0 Å². The molecule has 1 heterocycles. The maximum absolute atomic E-state index is 12.3. The van der Waals surface area contributed by atoms with Crippen LogP contribution in [0.5, 0.6) is 11.5 Å². The molecule has 3 rings (SSSR count). The first-order chi connectivity index (χ1) is 13.0. The van der Waals surface area contributed by atoms with Crippen molar-refractivity contribution in [2.24, 2.45) is 0 Å². The molecular weight excluding hydrogens is 344 g/mol. The van der Waals surface area contributed by atoms with E-state index in [2.05, 4.69) is 0 Å². The number of rotatable bonds is 6. The van der Waals surface area contributed by atoms with Crippen LogP contribution in [0.4, 0.5) is 0 Å². The number of fused-ring (bicyclic) bond motifs is 1. The van der Waals surface area contributed by atoms with Crippen LogP contribution in [0.25, 0.3) is 11.0 Å². The molecule has 0 saturated carbocycles. The molecule has 0 aliphatic rings. The molecule has 0 unspecified atom stereocenters. The highest BCUT2D eigenvalue weighted by Crippen LogP contribution is 2.28. The van der Waals surface area contributed by atoms with Crippen LogP contribution in [-0.2, 0) is 17.6 Å². The number of hydrogen-bond donors (Lipinski definition) is 0. The van der Waals surface area contributed by atoms with E-state index >= 15 is 0 Å². The molecule has 3 aromatic rings. The first kappa shape index (κ1) is 18.7. The summed E-state index contributed by atoms with van der Waals surface area (Å²) in [5, 5.41) is 0.851. The van der Waals surface area contributed by atoms with Gasteiger partial charge < -0.3 is 13.9 Å². The highest BCUT2D eigenvalue weighted by molar-refractivity contribution is 5.84. The summed E-state index contributed by atoms with van der Waals surface area (Å²) in [5.74, 6) is 0.898. The second-order valence-corrected chi connectivity index (χ2v) is 6.38. The van der Waals surface area contributed by atoms with Crippen LogP contribution in [-0.4, -0.2) is 13.1 Å². The average Bonchev–Trinajstić information content (AvgIpc) is 2.66. The van der Waals surface area contributed by atoms with Crippen molar-refractivity contribution < 1.29 is 18.7 Å². The molecule has 0 N–H and O–H groups in total. The van der Waals surface area contributed by atoms with E-state index in [1.165, 1.54) is 6.07 Å². The molecule has 0 aliphatic heterocycles. The molecule has 0 fully saturated rings. The van der Waals surface area contributed by atoms with E-state index in [0.29, 0.717) is 24.2 Å². The van der Waals surface area contributed by atoms with Crippen molar-refractivity contribution in [3.05, 3.63) is 69.6 Å². The number of carbonyl (C=O) groups is 1. The van der Waals surface area contributed by atoms with Crippen LogP contribution in [0.3, 0.4) is 0 Å². The maximum Gasteiger partial charge on any atom is 0.336 e. The summed E-state index contributed by atoms with van der Waals surface area (Å²) in [5.41, 5.74) is 2.78. The van der Waals surface area contributed by atoms with Crippen LogP contribution < -0.4 is 15.1 Å². The fourth-order valence-electron chi connectivity index (χ4n) is 2.97. The average molecular weight is 366 g/mol. The second-order valence-electron chi connectivity index (χ2n) is 6.38. The van der Waals surface area contributed by atoms with Crippen LogP contribution >= 0.6 is 0 Å². The monoisotopic (exact) mass is 366 g/mol. The van der Waals surface area contributed by atoms with Crippen molar-refractivity contribution in [2.45, 2.75) is 33.1 Å². The van der Waals surface area contributed by atoms with E-state index in [0.717, 1.165) is 27.8 Å². The van der Waals surface area contributed by atoms with E-state index in [1.807, 2.05) is 44.2 Å². The number of benzene rings is 2. The van der Waals surface area contributed by atoms with Crippen LogP contribution in [0.2, 0.25) is 0 Å². The Morgan fingerprint density at radius 3 is 2.52 bits per heavy atom. The molecule has 2 aromatic carbocycles. The van der Waals surface area contributed by atoms with Crippen molar-refractivity contribution in [1.29, 1.82) is 0 Å². The lowest BCUT2D eigenvalue weighted by atomic mass is 10.1. The highest BCUT2D eigenvalue weighted by atomic mass is 16.5. The van der Waals surface area contributed by atoms with Crippen molar-refractivity contribution >= 4 is 16.9 Å². The summed E-state index contributed by atoms with van der Waals surface area (Å²) >= 11 is 0. The Balaban J connectivity index is 1.76. The Morgan fingerprint density at radius 1 is 1.11 bits per heavy atom. The quantitative estimate of drug-likeness (QED) is 0.371. The molecular formula is C22H22O5. The normalized spacial score (nSPS) is 10.8. The van der Waals surface area contributed by atoms with Gasteiger partial charge in [-0.05, 0) is 54.7 Å². The van der Waals surface area contributed by atoms with Gasteiger partial charge in [0.1, 0.15) is 17.1 Å². The van der Waals surface area contributed by atoms with Gasteiger partial charge in [0.2, 0.25) is 0 Å². The highest BCUT2D eigenvalue weighted by Gasteiger charge is 2.13. The zero-order valence-corrected chi connectivity index (χ0v) is 15.7. The smallest absolute Gasteiger partial charge is 0.336 e. The van der Waals surface area contributed by atoms with Gasteiger partial charge in [0, 0.05) is 23.9 Å². The molecule has 140 valence electrons. The lowest BCUT2D eigenvalue weighted by Crippen LogP contribution is -2.10. The summed E-state index contributed by atoms with van der Waals surface area (Å²) in [6.45, 7) is 3.85. The topological polar surface area (TPSA) is 65.7 Å². The molecule has 5 nitrogen and oxygen atoms in total. The Hall–Kier alpha value is -3.08. The second kappa shape index (κ2) is 8.08. The predicted octanol–water partition coefficient (Wildman–Crippen LogP) is 4.21. The van der Waals surface area contributed by atoms with Crippen LogP contribution in [0.15, 0.2) is 51.7 Å². The maximum atomic E-state index is 12.3. The summed E-state index contributed by atoms with van der Waals surface area (Å²) < 4.78 is 16.0. The van der Waals surface area contributed by atoms with Gasteiger partial charge in [-0.25, -0.2) is 4.79 Å². The van der Waals surface area contributed by atoms with Crippen molar-refractivity contribution in [1.82, 2.24) is 0 Å². The zero-order valence-electron chi connectivity index (χ0n) is 15.7. The summed E-state index contributed by atoms with van der Waals surface area (Å²) in [6.07, 6.45) is 1.53. The molecule has 0 bridgehead atoms. The summed E-state index contributed by atoms with van der Waals surface area (Å²) in [7, 11) is 1.62. The van der Waals surface area contributed by atoms with Crippen molar-refractivity contribution in [3.8, 4) is 11.5 Å². The number of carbonyl (C=O) groups excluding carboxylic acids is 1. The van der Waals surface area contributed by atoms with E-state index in [1.54, 1.807) is 13.2 Å². The van der Waals surface area contributed by atoms with Gasteiger partial charge >= 0.3 is 11.6 Å². The van der Waals surface area contributed by atoms with Gasteiger partial charge in [0.25, 0.3) is 0 Å². The Labute approximate surface area is 157 Å². The van der Waals surface area contributed by atoms with Crippen LogP contribution in [0.1, 0.15) is 30.0 Å². The molecule has 1 aromatic heterocycles. The molecule has 5 heteroatoms. The molecule has 0 spiro atoms. The van der Waals surface area contributed by atoms with Gasteiger partial charge in [-0.15, -0.1) is 0 Å². The van der Waals surface area contributed by atoms with Crippen LogP contribution in [0, 0.1) is 6.92 Å². The SMILES string of the molecule is CCc1cc2c(C)cc(=O)oc2cc1OC(=O)CCc1ccc(OC)cc1. The molecule has 27 heavy (non-hydrogen) atoms. The number of hydrogen-bond acceptors (Lipinski definition) is 5. The predicted molar refractivity (Wildman–Crippen MR) is 104 cm³/mol. The molecule has 0 radical (unpaired) electrons. The Kier molecular flexibility index (Phi) is 5.60. The number of ether oxygens (including phenoxy) is 2. The zero-order chi connectivity index (χ0) is 19.4. The van der Waals surface area contributed by atoms with Gasteiger partial charge in [-0.3, -0.25) is 4.79 Å². The largest absolute Gasteiger partial charge is 0.497 e. The number of methoxy groups -OCH3 is 1. The van der Waals surface area contributed by atoms with E-state index in [4.69, 9.17) is 13.9 Å². The van der Waals surface area contributed by atoms with E-state index in [9.17, 15) is 9.59 Å². The minimum Gasteiger partial charge on any atom is -0.497 e. The van der Waals surface area contributed by atoms with Gasteiger partial charge in [-0.1, -0.05) is 19.1 Å². The lowest BCUT2D eigenvalue weighted by Gasteiger charge is -2.11. The van der Waals surface area contributed by atoms with Gasteiger partial charge in [0.05, 0.1) is 7.11 Å². The third kappa shape index (κ3) is 4.37. The summed E-state index contributed by atoms with van der Waals surface area (Å²) in [6, 6.07) is 12.6. The van der Waals surface area contributed by atoms with E-state index in [-0.39, 0.29) is 12.4 Å².